The number of hydrogen-bond donors (Lipinski definition) is 0. The molecule has 1 aromatic carbocycles. The molecule has 0 unspecified atom stereocenters. The minimum atomic E-state index is -3.77. The van der Waals surface area contributed by atoms with Crippen molar-refractivity contribution in [1.29, 1.82) is 0 Å². The van der Waals surface area contributed by atoms with Crippen LogP contribution in [-0.4, -0.2) is 8.42 Å². The lowest BCUT2D eigenvalue weighted by atomic mass is 10.1. The zero-order valence-corrected chi connectivity index (χ0v) is 10.6. The molecule has 2 rings (SSSR count). The predicted octanol–water partition coefficient (Wildman–Crippen LogP) is 2.85. The molecule has 0 amide bonds. The van der Waals surface area contributed by atoms with Crippen LogP contribution in [0.4, 0.5) is 0 Å². The van der Waals surface area contributed by atoms with Crippen LogP contribution in [0.15, 0.2) is 28.9 Å². The second-order valence-corrected chi connectivity index (χ2v) is 6.48. The number of fused-ring (bicyclic) bond motifs is 1. The zero-order valence-electron chi connectivity index (χ0n) is 7.41. The minimum absolute atomic E-state index is 0.00622. The lowest BCUT2D eigenvalue weighted by Gasteiger charge is -2.16. The van der Waals surface area contributed by atoms with E-state index in [1.807, 2.05) is 6.07 Å². The molecule has 1 aliphatic heterocycles. The van der Waals surface area contributed by atoms with Gasteiger partial charge in [-0.2, -0.15) is 0 Å². The predicted molar refractivity (Wildman–Crippen MR) is 61.7 cm³/mol. The summed E-state index contributed by atoms with van der Waals surface area (Å²) in [6, 6.07) is 5.34. The first-order chi connectivity index (χ1) is 6.98. The van der Waals surface area contributed by atoms with E-state index in [9.17, 15) is 8.42 Å². The first-order valence-corrected chi connectivity index (χ1v) is 7.14. The lowest BCUT2D eigenvalue weighted by molar-refractivity contribution is 0.233. The molecule has 0 radical (unpaired) electrons. The largest absolute Gasteiger partial charge is 0.495 e. The van der Waals surface area contributed by atoms with Gasteiger partial charge < -0.3 is 4.74 Å². The van der Waals surface area contributed by atoms with Crippen molar-refractivity contribution in [3.63, 3.8) is 0 Å². The van der Waals surface area contributed by atoms with Crippen LogP contribution in [-0.2, 0) is 20.4 Å². The van der Waals surface area contributed by atoms with Crippen molar-refractivity contribution < 1.29 is 13.2 Å². The van der Waals surface area contributed by atoms with Crippen molar-refractivity contribution in [2.24, 2.45) is 0 Å². The van der Waals surface area contributed by atoms with E-state index in [1.165, 1.54) is 6.26 Å². The van der Waals surface area contributed by atoms with Gasteiger partial charge in [-0.25, -0.2) is 8.42 Å². The quantitative estimate of drug-likeness (QED) is 0.749. The Morgan fingerprint density at radius 1 is 1.40 bits per heavy atom. The summed E-state index contributed by atoms with van der Waals surface area (Å²) in [4.78, 5) is 0.00622. The molecule has 0 aromatic heterocycles. The lowest BCUT2D eigenvalue weighted by Crippen LogP contribution is -2.06. The van der Waals surface area contributed by atoms with E-state index in [0.29, 0.717) is 12.2 Å². The van der Waals surface area contributed by atoms with Gasteiger partial charge in [-0.3, -0.25) is 0 Å². The summed E-state index contributed by atoms with van der Waals surface area (Å²) in [5.74, 6) is 0. The normalized spacial score (nSPS) is 15.2. The molecule has 0 bridgehead atoms. The maximum absolute atomic E-state index is 11.3. The second-order valence-electron chi connectivity index (χ2n) is 3.03. The maximum Gasteiger partial charge on any atom is 0.264 e. The van der Waals surface area contributed by atoms with Crippen molar-refractivity contribution in [1.82, 2.24) is 0 Å². The summed E-state index contributed by atoms with van der Waals surface area (Å²) >= 11 is 3.28. The van der Waals surface area contributed by atoms with Crippen LogP contribution in [0, 0.1) is 0 Å². The third kappa shape index (κ3) is 2.19. The van der Waals surface area contributed by atoms with Crippen molar-refractivity contribution in [2.75, 3.05) is 0 Å². The second kappa shape index (κ2) is 3.81. The van der Waals surface area contributed by atoms with Gasteiger partial charge in [0.25, 0.3) is 9.05 Å². The van der Waals surface area contributed by atoms with Crippen molar-refractivity contribution in [2.45, 2.75) is 6.61 Å². The van der Waals surface area contributed by atoms with E-state index in [0.717, 1.165) is 10.0 Å². The molecule has 0 fully saturated rings. The fourth-order valence-corrected chi connectivity index (χ4v) is 2.72. The topological polar surface area (TPSA) is 43.4 Å². The highest BCUT2D eigenvalue weighted by atomic mass is 79.9. The van der Waals surface area contributed by atoms with E-state index in [1.54, 1.807) is 12.1 Å². The van der Waals surface area contributed by atoms with Gasteiger partial charge in [0.2, 0.25) is 0 Å². The van der Waals surface area contributed by atoms with Crippen LogP contribution in [0.3, 0.4) is 0 Å². The molecular formula is C9H6BrClO3S. The SMILES string of the molecule is O=S(=O)(Cl)C1=COCc2ccc(Br)cc21. The highest BCUT2D eigenvalue weighted by Crippen LogP contribution is 2.33. The fraction of sp³-hybridized carbons (Fsp3) is 0.111. The molecule has 0 atom stereocenters. The van der Waals surface area contributed by atoms with Crippen LogP contribution < -0.4 is 0 Å². The number of halogens is 2. The van der Waals surface area contributed by atoms with Gasteiger partial charge in [-0.15, -0.1) is 0 Å². The van der Waals surface area contributed by atoms with E-state index in [2.05, 4.69) is 15.9 Å². The first-order valence-electron chi connectivity index (χ1n) is 4.04. The summed E-state index contributed by atoms with van der Waals surface area (Å²) in [7, 11) is 1.53. The van der Waals surface area contributed by atoms with Crippen molar-refractivity contribution in [3.8, 4) is 0 Å². The Hall–Kier alpha value is -0.520. The molecule has 0 saturated heterocycles. The van der Waals surface area contributed by atoms with Crippen LogP contribution >= 0.6 is 26.6 Å². The summed E-state index contributed by atoms with van der Waals surface area (Å²) in [5, 5.41) is 0. The van der Waals surface area contributed by atoms with E-state index in [4.69, 9.17) is 15.4 Å². The Kier molecular flexibility index (Phi) is 2.79. The molecule has 0 saturated carbocycles. The van der Waals surface area contributed by atoms with Crippen molar-refractivity contribution >= 4 is 40.6 Å². The fourth-order valence-electron chi connectivity index (χ4n) is 1.36. The first kappa shape index (κ1) is 11.0. The Bertz CT molecular complexity index is 536. The molecule has 3 nitrogen and oxygen atoms in total. The Morgan fingerprint density at radius 3 is 2.80 bits per heavy atom. The summed E-state index contributed by atoms with van der Waals surface area (Å²) < 4.78 is 28.4. The molecule has 1 aliphatic rings. The smallest absolute Gasteiger partial charge is 0.264 e. The molecule has 0 spiro atoms. The minimum Gasteiger partial charge on any atom is -0.495 e. The Morgan fingerprint density at radius 2 is 2.13 bits per heavy atom. The molecular weight excluding hydrogens is 304 g/mol. The summed E-state index contributed by atoms with van der Waals surface area (Å²) in [6.45, 7) is 0.360. The van der Waals surface area contributed by atoms with Crippen LogP contribution in [0.1, 0.15) is 11.1 Å². The molecule has 1 aromatic rings. The highest BCUT2D eigenvalue weighted by Gasteiger charge is 2.23. The molecule has 6 heteroatoms. The summed E-state index contributed by atoms with van der Waals surface area (Å²) in [5.41, 5.74) is 1.39. The van der Waals surface area contributed by atoms with Crippen LogP contribution in [0.5, 0.6) is 0 Å². The summed E-state index contributed by atoms with van der Waals surface area (Å²) in [6.07, 6.45) is 1.18. The van der Waals surface area contributed by atoms with E-state index in [-0.39, 0.29) is 4.91 Å². The number of rotatable bonds is 1. The van der Waals surface area contributed by atoms with Gasteiger partial charge in [-0.05, 0) is 17.7 Å². The molecule has 1 heterocycles. The highest BCUT2D eigenvalue weighted by molar-refractivity contribution is 9.10. The van der Waals surface area contributed by atoms with Crippen molar-refractivity contribution in [3.05, 3.63) is 40.1 Å². The molecule has 80 valence electrons. The van der Waals surface area contributed by atoms with Gasteiger partial charge in [-0.1, -0.05) is 22.0 Å². The van der Waals surface area contributed by atoms with Gasteiger partial charge in [0.15, 0.2) is 0 Å². The van der Waals surface area contributed by atoms with E-state index < -0.39 is 9.05 Å². The van der Waals surface area contributed by atoms with Gasteiger partial charge in [0.05, 0.1) is 0 Å². The Labute approximate surface area is 100 Å². The molecule has 0 N–H and O–H groups in total. The third-order valence-corrected chi connectivity index (χ3v) is 3.86. The van der Waals surface area contributed by atoms with Crippen LogP contribution in [0.25, 0.3) is 4.91 Å². The standard InChI is InChI=1S/C9H6BrClO3S/c10-7-2-1-6-4-14-5-9(8(6)3-7)15(11,12)13/h1-3,5H,4H2. The Balaban J connectivity index is 2.65. The molecule has 15 heavy (non-hydrogen) atoms. The van der Waals surface area contributed by atoms with Gasteiger partial charge >= 0.3 is 0 Å². The third-order valence-electron chi connectivity index (χ3n) is 2.03. The zero-order chi connectivity index (χ0) is 11.1. The number of hydrogen-bond acceptors (Lipinski definition) is 3. The maximum atomic E-state index is 11.3. The average Bonchev–Trinajstić information content (AvgIpc) is 2.15. The van der Waals surface area contributed by atoms with Gasteiger partial charge in [0.1, 0.15) is 17.8 Å². The molecule has 0 aliphatic carbocycles. The average molecular weight is 310 g/mol. The number of benzene rings is 1. The van der Waals surface area contributed by atoms with Gasteiger partial charge in [0, 0.05) is 20.7 Å². The van der Waals surface area contributed by atoms with E-state index >= 15 is 0 Å². The van der Waals surface area contributed by atoms with Crippen LogP contribution in [0.2, 0.25) is 0 Å². The number of ether oxygens (including phenoxy) is 1. The monoisotopic (exact) mass is 308 g/mol.